The smallest absolute Gasteiger partial charge is 0.249 e. The van der Waals surface area contributed by atoms with Crippen molar-refractivity contribution in [2.24, 2.45) is 10.8 Å². The third-order valence-corrected chi connectivity index (χ3v) is 15.0. The van der Waals surface area contributed by atoms with Gasteiger partial charge in [0.05, 0.1) is 30.6 Å². The lowest BCUT2D eigenvalue weighted by atomic mass is 9.85. The predicted molar refractivity (Wildman–Crippen MR) is 290 cm³/mol. The summed E-state index contributed by atoms with van der Waals surface area (Å²) in [6, 6.07) is 8.31. The first-order valence-corrected chi connectivity index (χ1v) is 26.0. The second-order valence-electron chi connectivity index (χ2n) is 22.6. The van der Waals surface area contributed by atoms with E-state index in [9.17, 15) is 43.5 Å². The van der Waals surface area contributed by atoms with Crippen molar-refractivity contribution >= 4 is 72.1 Å². The molecule has 19 nitrogen and oxygen atoms in total. The lowest BCUT2D eigenvalue weighted by molar-refractivity contribution is -0.144. The molecule has 0 radical (unpaired) electrons. The summed E-state index contributed by atoms with van der Waals surface area (Å²) in [5.74, 6) is -4.23. The van der Waals surface area contributed by atoms with E-state index in [2.05, 4.69) is 42.5 Å². The Morgan fingerprint density at radius 2 is 0.973 bits per heavy atom. The summed E-state index contributed by atoms with van der Waals surface area (Å²) in [4.78, 5) is 114. The molecule has 75 heavy (non-hydrogen) atoms. The van der Waals surface area contributed by atoms with E-state index in [1.807, 2.05) is 90.1 Å². The van der Waals surface area contributed by atoms with Gasteiger partial charge in [-0.15, -0.1) is 24.8 Å². The largest absolute Gasteiger partial charge is 0.383 e. The van der Waals surface area contributed by atoms with E-state index in [0.717, 1.165) is 47.9 Å². The number of likely N-dealkylation sites (tertiary alicyclic amines) is 2. The quantitative estimate of drug-likeness (QED) is 0.111. The normalized spacial score (nSPS) is 23.2. The molecular formula is C54H82Cl2N10O9. The van der Waals surface area contributed by atoms with Crippen LogP contribution in [0.1, 0.15) is 135 Å². The Kier molecular flexibility index (Phi) is 22.1. The molecule has 2 aliphatic heterocycles. The SMILES string of the molecule is CN[C@@H](C)C(=O)N[C@H](C(=O)N1C[C@@H](NC(=O)C(O)CC(=O)N[C@H]2C[C@@H](C(=O)NC3CCCc4ccccc43)N(C(=O)[C@@H](NC(=O)[C@H](C)NC)C(C)(C)C)C2)CC1C(=O)N[C@@H]1CCCc2ccccc21)C(C)(C)C.Cl.Cl. The van der Waals surface area contributed by atoms with E-state index in [1.165, 1.54) is 9.80 Å². The lowest BCUT2D eigenvalue weighted by Gasteiger charge is -2.36. The zero-order valence-electron chi connectivity index (χ0n) is 45.2. The number of aryl methyl sites for hydroxylation is 2. The molecule has 11 atom stereocenters. The zero-order valence-corrected chi connectivity index (χ0v) is 46.8. The second-order valence-corrected chi connectivity index (χ2v) is 22.6. The van der Waals surface area contributed by atoms with Crippen LogP contribution >= 0.6 is 24.8 Å². The average molecular weight is 1090 g/mol. The van der Waals surface area contributed by atoms with E-state index in [0.29, 0.717) is 12.8 Å². The summed E-state index contributed by atoms with van der Waals surface area (Å²) in [5, 5.41) is 34.7. The number of aliphatic hydroxyl groups excluding tert-OH is 1. The molecule has 6 rings (SSSR count). The maximum atomic E-state index is 14.6. The van der Waals surface area contributed by atoms with E-state index >= 15 is 0 Å². The molecule has 2 aromatic rings. The molecule has 2 saturated heterocycles. The molecule has 0 aromatic heterocycles. The van der Waals surface area contributed by atoms with Gasteiger partial charge in [0.1, 0.15) is 30.3 Å². The first kappa shape index (κ1) is 62.2. The highest BCUT2D eigenvalue weighted by molar-refractivity contribution is 5.96. The topological polar surface area (TPSA) is 260 Å². The van der Waals surface area contributed by atoms with Crippen LogP contribution in [0.2, 0.25) is 0 Å². The Morgan fingerprint density at radius 1 is 0.587 bits per heavy atom. The van der Waals surface area contributed by atoms with Crippen LogP contribution in [0.5, 0.6) is 0 Å². The molecule has 2 fully saturated rings. The molecular weight excluding hydrogens is 1000 g/mol. The Labute approximate surface area is 454 Å². The van der Waals surface area contributed by atoms with Crippen LogP contribution in [0.3, 0.4) is 0 Å². The minimum absolute atomic E-state index is 0. The molecule has 4 aliphatic rings. The Morgan fingerprint density at radius 3 is 1.36 bits per heavy atom. The number of hydrogen-bond acceptors (Lipinski definition) is 11. The molecule has 0 bridgehead atoms. The Bertz CT molecular complexity index is 2380. The molecule has 0 saturated carbocycles. The van der Waals surface area contributed by atoms with Crippen molar-refractivity contribution in [3.63, 3.8) is 0 Å². The van der Waals surface area contributed by atoms with E-state index in [-0.39, 0.29) is 62.8 Å². The number of amides is 8. The number of halogens is 2. The van der Waals surface area contributed by atoms with Crippen LogP contribution in [0, 0.1) is 10.8 Å². The van der Waals surface area contributed by atoms with Gasteiger partial charge in [-0.25, -0.2) is 0 Å². The van der Waals surface area contributed by atoms with Gasteiger partial charge in [-0.3, -0.25) is 38.4 Å². The number of benzene rings is 2. The van der Waals surface area contributed by atoms with Gasteiger partial charge in [0.2, 0.25) is 47.3 Å². The van der Waals surface area contributed by atoms with Crippen molar-refractivity contribution in [2.45, 2.75) is 180 Å². The minimum Gasteiger partial charge on any atom is -0.383 e. The van der Waals surface area contributed by atoms with Gasteiger partial charge < -0.3 is 57.4 Å². The van der Waals surface area contributed by atoms with Crippen molar-refractivity contribution < 1.29 is 43.5 Å². The summed E-state index contributed by atoms with van der Waals surface area (Å²) < 4.78 is 0. The number of aliphatic hydroxyl groups is 1. The monoisotopic (exact) mass is 1080 g/mol. The van der Waals surface area contributed by atoms with E-state index < -0.39 is 119 Å². The van der Waals surface area contributed by atoms with E-state index in [4.69, 9.17) is 0 Å². The molecule has 0 spiro atoms. The number of carbonyl (C=O) groups excluding carboxylic acids is 8. The van der Waals surface area contributed by atoms with Crippen LogP contribution in [-0.4, -0.2) is 144 Å². The molecule has 2 aromatic carbocycles. The third-order valence-electron chi connectivity index (χ3n) is 15.0. The molecule has 3 unspecified atom stereocenters. The van der Waals surface area contributed by atoms with Crippen LogP contribution in [0.25, 0.3) is 0 Å². The van der Waals surface area contributed by atoms with Gasteiger partial charge >= 0.3 is 0 Å². The Balaban J connectivity index is 0.00000608. The zero-order chi connectivity index (χ0) is 53.5. The van der Waals surface area contributed by atoms with Crippen LogP contribution in [0.15, 0.2) is 48.5 Å². The van der Waals surface area contributed by atoms with E-state index in [1.54, 1.807) is 27.9 Å². The highest BCUT2D eigenvalue weighted by Crippen LogP contribution is 2.34. The lowest BCUT2D eigenvalue weighted by Crippen LogP contribution is -2.59. The number of likely N-dealkylation sites (N-methyl/N-ethyl adjacent to an activating group) is 2. The van der Waals surface area contributed by atoms with Crippen LogP contribution < -0.4 is 42.5 Å². The number of rotatable bonds is 17. The van der Waals surface area contributed by atoms with Gasteiger partial charge in [-0.05, 0) is 112 Å². The first-order chi connectivity index (χ1) is 34.4. The average Bonchev–Trinajstić information content (AvgIpc) is 3.98. The van der Waals surface area contributed by atoms with Crippen molar-refractivity contribution in [1.29, 1.82) is 0 Å². The fourth-order valence-electron chi connectivity index (χ4n) is 10.5. The van der Waals surface area contributed by atoms with Crippen molar-refractivity contribution in [1.82, 2.24) is 52.3 Å². The molecule has 9 N–H and O–H groups in total. The Hall–Kier alpha value is -5.34. The summed E-state index contributed by atoms with van der Waals surface area (Å²) in [5.41, 5.74) is 2.74. The van der Waals surface area contributed by atoms with Gasteiger partial charge in [0.15, 0.2) is 0 Å². The number of fused-ring (bicyclic) bond motifs is 2. The maximum Gasteiger partial charge on any atom is 0.249 e. The fraction of sp³-hybridized carbons (Fsp3) is 0.630. The summed E-state index contributed by atoms with van der Waals surface area (Å²) >= 11 is 0. The van der Waals surface area contributed by atoms with Gasteiger partial charge in [0, 0.05) is 25.2 Å². The van der Waals surface area contributed by atoms with Crippen molar-refractivity contribution in [2.75, 3.05) is 27.2 Å². The van der Waals surface area contributed by atoms with Crippen molar-refractivity contribution in [3.8, 4) is 0 Å². The second kappa shape index (κ2) is 26.6. The van der Waals surface area contributed by atoms with Crippen molar-refractivity contribution in [3.05, 3.63) is 70.8 Å². The number of carbonyl (C=O) groups is 8. The molecule has 416 valence electrons. The number of nitrogens with one attached hydrogen (secondary N) is 8. The molecule has 2 aliphatic carbocycles. The minimum atomic E-state index is -1.85. The first-order valence-electron chi connectivity index (χ1n) is 26.0. The predicted octanol–water partition coefficient (Wildman–Crippen LogP) is 2.42. The van der Waals surface area contributed by atoms with Gasteiger partial charge in [-0.2, -0.15) is 0 Å². The third kappa shape index (κ3) is 15.4. The molecule has 2 heterocycles. The maximum absolute atomic E-state index is 14.6. The number of hydrogen-bond donors (Lipinski definition) is 9. The number of nitrogens with zero attached hydrogens (tertiary/aromatic N) is 2. The fourth-order valence-corrected chi connectivity index (χ4v) is 10.5. The highest BCUT2D eigenvalue weighted by Gasteiger charge is 2.48. The van der Waals surface area contributed by atoms with Gasteiger partial charge in [0.25, 0.3) is 0 Å². The van der Waals surface area contributed by atoms with Gasteiger partial charge in [-0.1, -0.05) is 90.1 Å². The molecule has 8 amide bonds. The van der Waals surface area contributed by atoms with Crippen LogP contribution in [-0.2, 0) is 51.2 Å². The van der Waals surface area contributed by atoms with Crippen LogP contribution in [0.4, 0.5) is 0 Å². The molecule has 21 heteroatoms. The summed E-state index contributed by atoms with van der Waals surface area (Å²) in [6.45, 7) is 14.0. The summed E-state index contributed by atoms with van der Waals surface area (Å²) in [6.07, 6.45) is 2.40. The highest BCUT2D eigenvalue weighted by atomic mass is 35.5. The summed E-state index contributed by atoms with van der Waals surface area (Å²) in [7, 11) is 3.27. The standard InChI is InChI=1S/C54H80N10O9.2ClH/c1-30(55-9)46(67)61-44(53(3,4)5)51(72)63-28-34(25-40(63)48(69)59-38-23-15-19-32-17-11-13-21-36(32)38)57-43(66)27-42(65)50(71)58-35-26-41(49(70)60-39-24-16-20-33-18-12-14-22-37(33)39)64(29-35)52(73)45(54(6,7)8)62-47(68)31(2)56-10;;/h11-14,17-18,21-22,30-31,34-35,38-42,44-45,55-56,65H,15-16,19-20,23-29H2,1-10H3,(H,57,66)(H,58,71)(H,59,69)(H,60,70)(H,61,67)(H,62,68);2*1H/t30-,31-,34-,35-,38?,39+,40-,41?,42?,44+,45+;;/m0../s1.